The molecule has 0 aromatic heterocycles. The molecule has 3 rings (SSSR count). The van der Waals surface area contributed by atoms with Crippen molar-refractivity contribution < 1.29 is 14.3 Å². The van der Waals surface area contributed by atoms with Crippen LogP contribution >= 0.6 is 0 Å². The number of carbonyl (C=O) groups is 2. The molecule has 0 saturated carbocycles. The molecular weight excluding hydrogens is 292 g/mol. The summed E-state index contributed by atoms with van der Waals surface area (Å²) in [4.78, 5) is 23.5. The zero-order valence-electron chi connectivity index (χ0n) is 12.7. The number of ether oxygens (including phenoxy) is 1. The molecule has 1 heterocycles. The molecule has 0 radical (unpaired) electrons. The number of carbonyl (C=O) groups excluding carboxylic acids is 2. The molecule has 2 N–H and O–H groups in total. The Hall–Kier alpha value is -2.82. The molecule has 0 aliphatic carbocycles. The zero-order valence-corrected chi connectivity index (χ0v) is 12.7. The first kappa shape index (κ1) is 15.1. The Kier molecular flexibility index (Phi) is 4.57. The molecule has 5 heteroatoms. The van der Waals surface area contributed by atoms with E-state index in [0.29, 0.717) is 37.4 Å². The van der Waals surface area contributed by atoms with Crippen LogP contribution in [0.15, 0.2) is 48.5 Å². The van der Waals surface area contributed by atoms with Crippen molar-refractivity contribution in [1.29, 1.82) is 0 Å². The van der Waals surface area contributed by atoms with Crippen LogP contribution in [-0.4, -0.2) is 18.4 Å². The second-order valence-corrected chi connectivity index (χ2v) is 5.42. The lowest BCUT2D eigenvalue weighted by Gasteiger charge is -2.10. The first-order valence-electron chi connectivity index (χ1n) is 7.57. The Labute approximate surface area is 134 Å². The van der Waals surface area contributed by atoms with Gasteiger partial charge in [0, 0.05) is 6.54 Å². The van der Waals surface area contributed by atoms with Gasteiger partial charge in [-0.1, -0.05) is 36.4 Å². The van der Waals surface area contributed by atoms with E-state index in [9.17, 15) is 9.59 Å². The Morgan fingerprint density at radius 1 is 1.13 bits per heavy atom. The van der Waals surface area contributed by atoms with Crippen LogP contribution in [-0.2, 0) is 22.6 Å². The molecule has 2 amide bonds. The van der Waals surface area contributed by atoms with Gasteiger partial charge in [-0.3, -0.25) is 9.59 Å². The van der Waals surface area contributed by atoms with Crippen LogP contribution in [0.2, 0.25) is 0 Å². The van der Waals surface area contributed by atoms with E-state index < -0.39 is 0 Å². The molecule has 23 heavy (non-hydrogen) atoms. The summed E-state index contributed by atoms with van der Waals surface area (Å²) in [6, 6.07) is 15.1. The highest BCUT2D eigenvalue weighted by atomic mass is 16.5. The van der Waals surface area contributed by atoms with E-state index in [0.717, 1.165) is 11.1 Å². The summed E-state index contributed by atoms with van der Waals surface area (Å²) in [6.07, 6.45) is 0.698. The van der Waals surface area contributed by atoms with Gasteiger partial charge in [-0.2, -0.15) is 0 Å². The first-order valence-corrected chi connectivity index (χ1v) is 7.57. The summed E-state index contributed by atoms with van der Waals surface area (Å²) in [5, 5.41) is 5.70. The molecule has 5 nitrogen and oxygen atoms in total. The van der Waals surface area contributed by atoms with Crippen LogP contribution < -0.4 is 15.4 Å². The van der Waals surface area contributed by atoms with E-state index >= 15 is 0 Å². The molecule has 1 aliphatic rings. The number of anilines is 1. The Morgan fingerprint density at radius 2 is 1.96 bits per heavy atom. The van der Waals surface area contributed by atoms with Gasteiger partial charge in [0.1, 0.15) is 5.75 Å². The van der Waals surface area contributed by atoms with Gasteiger partial charge in [0.15, 0.2) is 0 Å². The summed E-state index contributed by atoms with van der Waals surface area (Å²) in [6.45, 7) is 0.792. The molecule has 0 saturated heterocycles. The summed E-state index contributed by atoms with van der Waals surface area (Å²) >= 11 is 0. The van der Waals surface area contributed by atoms with Gasteiger partial charge in [0.2, 0.25) is 11.8 Å². The second-order valence-electron chi connectivity index (χ2n) is 5.42. The minimum Gasteiger partial charge on any atom is -0.491 e. The van der Waals surface area contributed by atoms with Crippen LogP contribution in [0.5, 0.6) is 5.75 Å². The number of nitrogens with one attached hydrogen (secondary N) is 2. The molecule has 1 aliphatic heterocycles. The van der Waals surface area contributed by atoms with Crippen molar-refractivity contribution in [2.45, 2.75) is 19.4 Å². The van der Waals surface area contributed by atoms with E-state index in [1.807, 2.05) is 48.5 Å². The van der Waals surface area contributed by atoms with E-state index in [1.165, 1.54) is 0 Å². The smallest absolute Gasteiger partial charge is 0.227 e. The molecule has 118 valence electrons. The SMILES string of the molecule is O=C(Cc1ccccc1)NCc1ccc2c(c1)NC(=O)CCO2. The first-order chi connectivity index (χ1) is 11.2. The Balaban J connectivity index is 1.60. The second kappa shape index (κ2) is 6.96. The summed E-state index contributed by atoms with van der Waals surface area (Å²) < 4.78 is 5.51. The molecule has 2 aromatic rings. The molecule has 0 spiro atoms. The van der Waals surface area contributed by atoms with Crippen LogP contribution in [0.3, 0.4) is 0 Å². The van der Waals surface area contributed by atoms with Gasteiger partial charge >= 0.3 is 0 Å². The lowest BCUT2D eigenvalue weighted by molar-refractivity contribution is -0.120. The van der Waals surface area contributed by atoms with Crippen LogP contribution in [0.4, 0.5) is 5.69 Å². The standard InChI is InChI=1S/C18H18N2O3/c21-17-8-9-23-16-7-6-14(10-15(16)20-17)12-19-18(22)11-13-4-2-1-3-5-13/h1-7,10H,8-9,11-12H2,(H,19,22)(H,20,21). The average molecular weight is 310 g/mol. The summed E-state index contributed by atoms with van der Waals surface area (Å²) in [5.41, 5.74) is 2.55. The molecule has 0 unspecified atom stereocenters. The third-order valence-electron chi connectivity index (χ3n) is 3.60. The van der Waals surface area contributed by atoms with Crippen molar-refractivity contribution in [3.05, 3.63) is 59.7 Å². The largest absolute Gasteiger partial charge is 0.491 e. The van der Waals surface area contributed by atoms with Crippen molar-refractivity contribution in [2.24, 2.45) is 0 Å². The minimum absolute atomic E-state index is 0.0357. The van der Waals surface area contributed by atoms with Crippen molar-refractivity contribution in [2.75, 3.05) is 11.9 Å². The van der Waals surface area contributed by atoms with E-state index in [4.69, 9.17) is 4.74 Å². The van der Waals surface area contributed by atoms with Crippen LogP contribution in [0.1, 0.15) is 17.5 Å². The maximum Gasteiger partial charge on any atom is 0.227 e. The average Bonchev–Trinajstić information content (AvgIpc) is 2.74. The van der Waals surface area contributed by atoms with Crippen LogP contribution in [0.25, 0.3) is 0 Å². The van der Waals surface area contributed by atoms with Crippen molar-refractivity contribution in [3.63, 3.8) is 0 Å². The highest BCUT2D eigenvalue weighted by Crippen LogP contribution is 2.28. The molecule has 0 fully saturated rings. The van der Waals surface area contributed by atoms with E-state index in [1.54, 1.807) is 0 Å². The topological polar surface area (TPSA) is 67.4 Å². The molecular formula is C18H18N2O3. The van der Waals surface area contributed by atoms with Gasteiger partial charge in [-0.25, -0.2) is 0 Å². The third kappa shape index (κ3) is 4.10. The number of rotatable bonds is 4. The quantitative estimate of drug-likeness (QED) is 0.910. The van der Waals surface area contributed by atoms with Gasteiger partial charge in [0.25, 0.3) is 0 Å². The molecule has 0 bridgehead atoms. The predicted octanol–water partition coefficient (Wildman–Crippen LogP) is 2.27. The minimum atomic E-state index is -0.0611. The molecule has 2 aromatic carbocycles. The maximum absolute atomic E-state index is 12.0. The van der Waals surface area contributed by atoms with Gasteiger partial charge in [0.05, 0.1) is 25.1 Å². The predicted molar refractivity (Wildman–Crippen MR) is 87.2 cm³/mol. The lowest BCUT2D eigenvalue weighted by Crippen LogP contribution is -2.24. The summed E-state index contributed by atoms with van der Waals surface area (Å²) in [7, 11) is 0. The fourth-order valence-corrected chi connectivity index (χ4v) is 2.42. The van der Waals surface area contributed by atoms with E-state index in [2.05, 4.69) is 10.6 Å². The molecule has 0 atom stereocenters. The van der Waals surface area contributed by atoms with Crippen LogP contribution in [0, 0.1) is 0 Å². The number of fused-ring (bicyclic) bond motifs is 1. The van der Waals surface area contributed by atoms with Crippen molar-refractivity contribution in [3.8, 4) is 5.75 Å². The third-order valence-corrected chi connectivity index (χ3v) is 3.60. The van der Waals surface area contributed by atoms with Gasteiger partial charge < -0.3 is 15.4 Å². The number of hydrogen-bond donors (Lipinski definition) is 2. The van der Waals surface area contributed by atoms with Crippen molar-refractivity contribution >= 4 is 17.5 Å². The monoisotopic (exact) mass is 310 g/mol. The summed E-state index contributed by atoms with van der Waals surface area (Å²) in [5.74, 6) is 0.565. The zero-order chi connectivity index (χ0) is 16.1. The maximum atomic E-state index is 12.0. The number of benzene rings is 2. The fourth-order valence-electron chi connectivity index (χ4n) is 2.42. The highest BCUT2D eigenvalue weighted by molar-refractivity contribution is 5.93. The lowest BCUT2D eigenvalue weighted by atomic mass is 10.1. The highest BCUT2D eigenvalue weighted by Gasteiger charge is 2.14. The number of amides is 2. The van der Waals surface area contributed by atoms with Crippen molar-refractivity contribution in [1.82, 2.24) is 5.32 Å². The Bertz CT molecular complexity index is 713. The normalized spacial score (nSPS) is 13.3. The number of hydrogen-bond acceptors (Lipinski definition) is 3. The van der Waals surface area contributed by atoms with Gasteiger partial charge in [-0.15, -0.1) is 0 Å². The Morgan fingerprint density at radius 3 is 2.78 bits per heavy atom. The fraction of sp³-hybridized carbons (Fsp3) is 0.222. The van der Waals surface area contributed by atoms with E-state index in [-0.39, 0.29) is 11.8 Å². The van der Waals surface area contributed by atoms with Gasteiger partial charge in [-0.05, 0) is 23.3 Å².